The van der Waals surface area contributed by atoms with E-state index in [1.54, 1.807) is 0 Å². The highest BCUT2D eigenvalue weighted by molar-refractivity contribution is 5.80. The highest BCUT2D eigenvalue weighted by Crippen LogP contribution is 2.28. The SMILES string of the molecule is CC(C)(C)NC(=O)CN1CCCN(C(=O)C2CCC2)CC1. The molecule has 1 saturated heterocycles. The molecule has 120 valence electrons. The molecule has 0 radical (unpaired) electrons. The summed E-state index contributed by atoms with van der Waals surface area (Å²) in [4.78, 5) is 28.4. The van der Waals surface area contributed by atoms with Crippen LogP contribution in [0.2, 0.25) is 0 Å². The number of carbonyl (C=O) groups is 2. The minimum atomic E-state index is -0.185. The van der Waals surface area contributed by atoms with Crippen LogP contribution in [-0.4, -0.2) is 59.9 Å². The van der Waals surface area contributed by atoms with Crippen LogP contribution >= 0.6 is 0 Å². The van der Waals surface area contributed by atoms with Crippen LogP contribution in [0.4, 0.5) is 0 Å². The van der Waals surface area contributed by atoms with Crippen LogP contribution in [0.15, 0.2) is 0 Å². The fourth-order valence-corrected chi connectivity index (χ4v) is 2.92. The summed E-state index contributed by atoms with van der Waals surface area (Å²) in [5.41, 5.74) is -0.185. The predicted molar refractivity (Wildman–Crippen MR) is 82.9 cm³/mol. The van der Waals surface area contributed by atoms with Gasteiger partial charge in [0.05, 0.1) is 6.54 Å². The molecule has 1 saturated carbocycles. The quantitative estimate of drug-likeness (QED) is 0.852. The summed E-state index contributed by atoms with van der Waals surface area (Å²) in [6.45, 7) is 9.71. The van der Waals surface area contributed by atoms with Gasteiger partial charge in [-0.2, -0.15) is 0 Å². The largest absolute Gasteiger partial charge is 0.350 e. The lowest BCUT2D eigenvalue weighted by molar-refractivity contribution is -0.138. The Balaban J connectivity index is 1.77. The van der Waals surface area contributed by atoms with Crippen molar-refractivity contribution in [2.24, 2.45) is 5.92 Å². The second-order valence-corrected chi connectivity index (χ2v) is 7.38. The molecule has 21 heavy (non-hydrogen) atoms. The molecule has 2 amide bonds. The Hall–Kier alpha value is -1.10. The van der Waals surface area contributed by atoms with Crippen LogP contribution in [0.3, 0.4) is 0 Å². The normalized spacial score (nSPS) is 21.6. The molecule has 1 aliphatic carbocycles. The highest BCUT2D eigenvalue weighted by atomic mass is 16.2. The predicted octanol–water partition coefficient (Wildman–Crippen LogP) is 1.24. The summed E-state index contributed by atoms with van der Waals surface area (Å²) in [6.07, 6.45) is 4.28. The van der Waals surface area contributed by atoms with E-state index in [0.717, 1.165) is 45.4 Å². The fourth-order valence-electron chi connectivity index (χ4n) is 2.92. The van der Waals surface area contributed by atoms with Crippen LogP contribution in [0.5, 0.6) is 0 Å². The summed E-state index contributed by atoms with van der Waals surface area (Å²) >= 11 is 0. The van der Waals surface area contributed by atoms with Gasteiger partial charge in [0.1, 0.15) is 0 Å². The smallest absolute Gasteiger partial charge is 0.234 e. The fraction of sp³-hybridized carbons (Fsp3) is 0.875. The van der Waals surface area contributed by atoms with Gasteiger partial charge in [-0.15, -0.1) is 0 Å². The Morgan fingerprint density at radius 3 is 2.33 bits per heavy atom. The maximum absolute atomic E-state index is 12.3. The lowest BCUT2D eigenvalue weighted by Gasteiger charge is -2.31. The van der Waals surface area contributed by atoms with E-state index in [-0.39, 0.29) is 17.4 Å². The van der Waals surface area contributed by atoms with Crippen molar-refractivity contribution in [2.45, 2.75) is 52.0 Å². The topological polar surface area (TPSA) is 52.7 Å². The molecule has 0 atom stereocenters. The molecule has 0 unspecified atom stereocenters. The Kier molecular flexibility index (Phi) is 5.25. The molecule has 0 aromatic heterocycles. The summed E-state index contributed by atoms with van der Waals surface area (Å²) in [5.74, 6) is 0.684. The van der Waals surface area contributed by atoms with Gasteiger partial charge in [-0.05, 0) is 40.0 Å². The first-order valence-electron chi connectivity index (χ1n) is 8.17. The van der Waals surface area contributed by atoms with E-state index in [2.05, 4.69) is 10.2 Å². The van der Waals surface area contributed by atoms with Gasteiger partial charge in [0.25, 0.3) is 0 Å². The maximum atomic E-state index is 12.3. The van der Waals surface area contributed by atoms with Gasteiger partial charge in [0, 0.05) is 37.6 Å². The first-order valence-corrected chi connectivity index (χ1v) is 8.17. The molecule has 5 heteroatoms. The second kappa shape index (κ2) is 6.77. The molecule has 0 spiro atoms. The molecule has 0 aromatic rings. The number of carbonyl (C=O) groups excluding carboxylic acids is 2. The lowest BCUT2D eigenvalue weighted by atomic mass is 9.84. The van der Waals surface area contributed by atoms with Crippen molar-refractivity contribution in [2.75, 3.05) is 32.7 Å². The molecular weight excluding hydrogens is 266 g/mol. The maximum Gasteiger partial charge on any atom is 0.234 e. The average molecular weight is 295 g/mol. The molecule has 1 heterocycles. The van der Waals surface area contributed by atoms with Gasteiger partial charge in [-0.3, -0.25) is 14.5 Å². The third-order valence-electron chi connectivity index (χ3n) is 4.24. The summed E-state index contributed by atoms with van der Waals surface area (Å²) in [5, 5.41) is 3.00. The Morgan fingerprint density at radius 1 is 1.05 bits per heavy atom. The first-order chi connectivity index (χ1) is 9.85. The third-order valence-corrected chi connectivity index (χ3v) is 4.24. The molecule has 2 aliphatic rings. The zero-order valence-electron chi connectivity index (χ0n) is 13.7. The molecule has 0 bridgehead atoms. The number of amides is 2. The van der Waals surface area contributed by atoms with E-state index in [1.165, 1.54) is 6.42 Å². The first kappa shape index (κ1) is 16.3. The van der Waals surface area contributed by atoms with Crippen molar-refractivity contribution >= 4 is 11.8 Å². The van der Waals surface area contributed by atoms with Crippen LogP contribution in [-0.2, 0) is 9.59 Å². The van der Waals surface area contributed by atoms with E-state index in [4.69, 9.17) is 0 Å². The van der Waals surface area contributed by atoms with Gasteiger partial charge >= 0.3 is 0 Å². The van der Waals surface area contributed by atoms with E-state index in [9.17, 15) is 9.59 Å². The summed E-state index contributed by atoms with van der Waals surface area (Å²) in [7, 11) is 0. The number of nitrogens with one attached hydrogen (secondary N) is 1. The third kappa shape index (κ3) is 4.99. The highest BCUT2D eigenvalue weighted by Gasteiger charge is 2.30. The van der Waals surface area contributed by atoms with Crippen molar-refractivity contribution in [3.05, 3.63) is 0 Å². The van der Waals surface area contributed by atoms with Crippen LogP contribution in [0, 0.1) is 5.92 Å². The van der Waals surface area contributed by atoms with Crippen LogP contribution in [0.25, 0.3) is 0 Å². The van der Waals surface area contributed by atoms with Crippen molar-refractivity contribution in [1.29, 1.82) is 0 Å². The number of hydrogen-bond donors (Lipinski definition) is 1. The van der Waals surface area contributed by atoms with E-state index >= 15 is 0 Å². The molecule has 5 nitrogen and oxygen atoms in total. The molecule has 1 N–H and O–H groups in total. The Morgan fingerprint density at radius 2 is 1.76 bits per heavy atom. The van der Waals surface area contributed by atoms with Crippen molar-refractivity contribution in [3.8, 4) is 0 Å². The van der Waals surface area contributed by atoms with Gasteiger partial charge in [-0.1, -0.05) is 6.42 Å². The standard InChI is InChI=1S/C16H29N3O2/c1-16(2,3)17-14(20)12-18-8-5-9-19(11-10-18)15(21)13-6-4-7-13/h13H,4-12H2,1-3H3,(H,17,20). The van der Waals surface area contributed by atoms with E-state index < -0.39 is 0 Å². The summed E-state index contributed by atoms with van der Waals surface area (Å²) < 4.78 is 0. The molecule has 2 rings (SSSR count). The Labute approximate surface area is 128 Å². The minimum absolute atomic E-state index is 0.0706. The summed E-state index contributed by atoms with van der Waals surface area (Å²) in [6, 6.07) is 0. The molecule has 2 fully saturated rings. The van der Waals surface area contributed by atoms with Gasteiger partial charge in [0.15, 0.2) is 0 Å². The number of nitrogens with zero attached hydrogens (tertiary/aromatic N) is 2. The van der Waals surface area contributed by atoms with Gasteiger partial charge < -0.3 is 10.2 Å². The average Bonchev–Trinajstić information content (AvgIpc) is 2.49. The van der Waals surface area contributed by atoms with E-state index in [1.807, 2.05) is 25.7 Å². The van der Waals surface area contributed by atoms with Gasteiger partial charge in [0.2, 0.25) is 11.8 Å². The monoisotopic (exact) mass is 295 g/mol. The van der Waals surface area contributed by atoms with Crippen molar-refractivity contribution < 1.29 is 9.59 Å². The number of hydrogen-bond acceptors (Lipinski definition) is 3. The van der Waals surface area contributed by atoms with Crippen molar-refractivity contribution in [3.63, 3.8) is 0 Å². The minimum Gasteiger partial charge on any atom is -0.350 e. The lowest BCUT2D eigenvalue weighted by Crippen LogP contribution is -2.47. The Bertz CT molecular complexity index is 385. The van der Waals surface area contributed by atoms with Crippen molar-refractivity contribution in [1.82, 2.24) is 15.1 Å². The molecule has 1 aliphatic heterocycles. The second-order valence-electron chi connectivity index (χ2n) is 7.38. The van der Waals surface area contributed by atoms with Gasteiger partial charge in [-0.25, -0.2) is 0 Å². The van der Waals surface area contributed by atoms with Crippen LogP contribution < -0.4 is 5.32 Å². The molecule has 0 aromatic carbocycles. The van der Waals surface area contributed by atoms with E-state index in [0.29, 0.717) is 12.5 Å². The van der Waals surface area contributed by atoms with Crippen LogP contribution in [0.1, 0.15) is 46.5 Å². The molecular formula is C16H29N3O2. The zero-order chi connectivity index (χ0) is 15.5. The number of rotatable bonds is 3. The zero-order valence-corrected chi connectivity index (χ0v) is 13.7.